The third kappa shape index (κ3) is 12.2. The van der Waals surface area contributed by atoms with Gasteiger partial charge in [0.2, 0.25) is 0 Å². The molecule has 0 aromatic rings. The van der Waals surface area contributed by atoms with Crippen LogP contribution in [-0.4, -0.2) is 6.17 Å². The average Bonchev–Trinajstić information content (AvgIpc) is 1.66. The van der Waals surface area contributed by atoms with Crippen molar-refractivity contribution in [3.8, 4) is 0 Å². The first-order valence-electron chi connectivity index (χ1n) is 3.28. The zero-order valence-electron chi connectivity index (χ0n) is 7.56. The molecule has 0 atom stereocenters. The Balaban J connectivity index is -0.000000245. The molecule has 0 fully saturated rings. The monoisotopic (exact) mass is 140 g/mol. The van der Waals surface area contributed by atoms with Crippen LogP contribution in [0.15, 0.2) is 0 Å². The summed E-state index contributed by atoms with van der Waals surface area (Å²) in [4.78, 5) is 0. The molecule has 3 heteroatoms. The predicted molar refractivity (Wildman–Crippen MR) is 37.4 cm³/mol. The molecule has 0 unspecified atom stereocenters. The van der Waals surface area contributed by atoms with Crippen molar-refractivity contribution < 1.29 is 31.0 Å². The van der Waals surface area contributed by atoms with Crippen molar-refractivity contribution in [1.29, 1.82) is 0 Å². The summed E-state index contributed by atoms with van der Waals surface area (Å²) in [6.45, 7) is 2.17. The second-order valence-corrected chi connectivity index (χ2v) is 2.16. The van der Waals surface area contributed by atoms with E-state index in [9.17, 15) is 0 Å². The third-order valence-electron chi connectivity index (χ3n) is 1.14. The second-order valence-electron chi connectivity index (χ2n) is 2.16. The van der Waals surface area contributed by atoms with Crippen LogP contribution in [-0.2, 0) is 0 Å². The Bertz CT molecular complexity index is 53.0. The Morgan fingerprint density at radius 1 is 1.33 bits per heavy atom. The molecular weight excluding hydrogens is 123 g/mol. The van der Waals surface area contributed by atoms with Crippen LogP contribution in [0.1, 0.15) is 34.0 Å². The maximum Gasteiger partial charge on any atom is 1.00 e. The van der Waals surface area contributed by atoms with Crippen LogP contribution in [0.25, 0.3) is 0 Å². The Labute approximate surface area is 81.1 Å². The average molecular weight is 140 g/mol. The fourth-order valence-electron chi connectivity index (χ4n) is 0.630. The molecule has 0 aromatic heterocycles. The summed E-state index contributed by atoms with van der Waals surface area (Å²) in [5, 5.41) is 0. The molecule has 0 heterocycles. The molecule has 9 heavy (non-hydrogen) atoms. The van der Waals surface area contributed by atoms with E-state index >= 15 is 0 Å². The Hall–Kier alpha value is 0.920. The van der Waals surface area contributed by atoms with Gasteiger partial charge in [-0.2, -0.15) is 0 Å². The Kier molecular flexibility index (Phi) is 12.5. The van der Waals surface area contributed by atoms with Crippen LogP contribution in [0, 0.1) is 0 Å². The SMILES string of the molecule is CCCCCC(N)N.[H-].[Na+]. The Morgan fingerprint density at radius 2 is 1.89 bits per heavy atom. The van der Waals surface area contributed by atoms with E-state index in [2.05, 4.69) is 6.92 Å². The molecule has 0 rings (SSSR count). The van der Waals surface area contributed by atoms with Crippen LogP contribution in [0.3, 0.4) is 0 Å². The predicted octanol–water partition coefficient (Wildman–Crippen LogP) is -2.07. The molecule has 0 saturated heterocycles. The second kappa shape index (κ2) is 8.92. The Morgan fingerprint density at radius 3 is 2.22 bits per heavy atom. The number of unbranched alkanes of at least 4 members (excludes halogenated alkanes) is 2. The summed E-state index contributed by atoms with van der Waals surface area (Å²) < 4.78 is 0. The summed E-state index contributed by atoms with van der Waals surface area (Å²) in [6, 6.07) is 0. The minimum Gasteiger partial charge on any atom is -1.00 e. The van der Waals surface area contributed by atoms with E-state index in [-0.39, 0.29) is 37.1 Å². The summed E-state index contributed by atoms with van der Waals surface area (Å²) in [5.74, 6) is 0. The summed E-state index contributed by atoms with van der Waals surface area (Å²) in [5.41, 5.74) is 10.6. The molecule has 0 bridgehead atoms. The van der Waals surface area contributed by atoms with Crippen molar-refractivity contribution in [3.63, 3.8) is 0 Å². The van der Waals surface area contributed by atoms with Crippen LogP contribution in [0.2, 0.25) is 0 Å². The maximum absolute atomic E-state index is 5.31. The quantitative estimate of drug-likeness (QED) is 0.268. The van der Waals surface area contributed by atoms with Crippen molar-refractivity contribution in [2.75, 3.05) is 0 Å². The number of rotatable bonds is 4. The fourth-order valence-corrected chi connectivity index (χ4v) is 0.630. The van der Waals surface area contributed by atoms with Gasteiger partial charge in [-0.15, -0.1) is 0 Å². The normalized spacial score (nSPS) is 9.33. The molecule has 0 aliphatic carbocycles. The molecule has 2 nitrogen and oxygen atoms in total. The molecule has 0 radical (unpaired) electrons. The van der Waals surface area contributed by atoms with E-state index < -0.39 is 0 Å². The smallest absolute Gasteiger partial charge is 1.00 e. The molecule has 0 aliphatic heterocycles. The van der Waals surface area contributed by atoms with Crippen molar-refractivity contribution in [2.45, 2.75) is 38.8 Å². The van der Waals surface area contributed by atoms with Gasteiger partial charge in [-0.1, -0.05) is 26.2 Å². The van der Waals surface area contributed by atoms with Crippen LogP contribution >= 0.6 is 0 Å². The summed E-state index contributed by atoms with van der Waals surface area (Å²) >= 11 is 0. The minimum absolute atomic E-state index is 0. The molecule has 52 valence electrons. The van der Waals surface area contributed by atoms with E-state index in [0.717, 1.165) is 6.42 Å². The number of nitrogens with two attached hydrogens (primary N) is 2. The molecule has 0 spiro atoms. The summed E-state index contributed by atoms with van der Waals surface area (Å²) in [7, 11) is 0. The van der Waals surface area contributed by atoms with E-state index in [1.54, 1.807) is 0 Å². The van der Waals surface area contributed by atoms with Gasteiger partial charge in [-0.3, -0.25) is 0 Å². The van der Waals surface area contributed by atoms with Gasteiger partial charge in [0.05, 0.1) is 6.17 Å². The van der Waals surface area contributed by atoms with Gasteiger partial charge in [0.1, 0.15) is 0 Å². The van der Waals surface area contributed by atoms with E-state index in [4.69, 9.17) is 11.5 Å². The molecule has 0 amide bonds. The largest absolute Gasteiger partial charge is 1.00 e. The molecule has 0 aromatic carbocycles. The molecular formula is C6H17N2Na. The van der Waals surface area contributed by atoms with Crippen molar-refractivity contribution in [2.24, 2.45) is 11.5 Å². The zero-order valence-corrected chi connectivity index (χ0v) is 8.56. The van der Waals surface area contributed by atoms with Gasteiger partial charge >= 0.3 is 29.6 Å². The van der Waals surface area contributed by atoms with Gasteiger partial charge < -0.3 is 12.9 Å². The molecule has 0 aliphatic rings. The maximum atomic E-state index is 5.31. The van der Waals surface area contributed by atoms with Crippen LogP contribution in [0.5, 0.6) is 0 Å². The molecule has 0 saturated carbocycles. The zero-order chi connectivity index (χ0) is 6.41. The first-order valence-corrected chi connectivity index (χ1v) is 3.28. The van der Waals surface area contributed by atoms with E-state index in [1.807, 2.05) is 0 Å². The number of hydrogen-bond acceptors (Lipinski definition) is 2. The number of hydrogen-bond donors (Lipinski definition) is 2. The first kappa shape index (κ1) is 12.6. The van der Waals surface area contributed by atoms with E-state index in [1.165, 1.54) is 19.3 Å². The van der Waals surface area contributed by atoms with Gasteiger partial charge in [0.25, 0.3) is 0 Å². The van der Waals surface area contributed by atoms with Crippen molar-refractivity contribution >= 4 is 0 Å². The van der Waals surface area contributed by atoms with Crippen molar-refractivity contribution in [3.05, 3.63) is 0 Å². The standard InChI is InChI=1S/C6H16N2.Na.H/c1-2-3-4-5-6(7)8;;/h6H,2-5,7-8H2,1H3;;/q;+1;-1. The van der Waals surface area contributed by atoms with Crippen LogP contribution in [0.4, 0.5) is 0 Å². The first-order chi connectivity index (χ1) is 3.77. The van der Waals surface area contributed by atoms with Crippen LogP contribution < -0.4 is 41.0 Å². The molecule has 4 N–H and O–H groups in total. The fraction of sp³-hybridized carbons (Fsp3) is 1.00. The van der Waals surface area contributed by atoms with Gasteiger partial charge in [0.15, 0.2) is 0 Å². The third-order valence-corrected chi connectivity index (χ3v) is 1.14. The topological polar surface area (TPSA) is 52.0 Å². The van der Waals surface area contributed by atoms with Gasteiger partial charge in [-0.25, -0.2) is 0 Å². The minimum atomic E-state index is -0.0958. The summed E-state index contributed by atoms with van der Waals surface area (Å²) in [6.07, 6.45) is 4.54. The van der Waals surface area contributed by atoms with Gasteiger partial charge in [-0.05, 0) is 6.42 Å². The van der Waals surface area contributed by atoms with Crippen molar-refractivity contribution in [1.82, 2.24) is 0 Å². The van der Waals surface area contributed by atoms with Gasteiger partial charge in [0, 0.05) is 0 Å². The van der Waals surface area contributed by atoms with E-state index in [0.29, 0.717) is 0 Å².